The SMILES string of the molecule is CCc1ccc(N(CC(=O)N(Cc2ccc(Cl)c(Cl)c2)[C@@H](CC)C(=O)N[C@H](C)CC)S(C)(=O)=O)cc1. The quantitative estimate of drug-likeness (QED) is 0.397. The number of nitrogens with zero attached hydrogens (tertiary/aromatic N) is 2. The van der Waals surface area contributed by atoms with Crippen molar-refractivity contribution >= 4 is 50.7 Å². The number of sulfonamides is 1. The van der Waals surface area contributed by atoms with Crippen LogP contribution in [0, 0.1) is 0 Å². The number of hydrogen-bond acceptors (Lipinski definition) is 4. The first kappa shape index (κ1) is 29.9. The molecule has 2 atom stereocenters. The van der Waals surface area contributed by atoms with Crippen molar-refractivity contribution in [1.29, 1.82) is 0 Å². The summed E-state index contributed by atoms with van der Waals surface area (Å²) in [6.45, 7) is 7.28. The Bertz CT molecular complexity index is 1160. The third-order valence-electron chi connectivity index (χ3n) is 6.04. The van der Waals surface area contributed by atoms with Crippen LogP contribution < -0.4 is 9.62 Å². The molecule has 7 nitrogen and oxygen atoms in total. The van der Waals surface area contributed by atoms with Crippen molar-refractivity contribution < 1.29 is 18.0 Å². The first-order chi connectivity index (χ1) is 16.9. The summed E-state index contributed by atoms with van der Waals surface area (Å²) in [5.41, 5.74) is 2.10. The molecule has 0 spiro atoms. The predicted octanol–water partition coefficient (Wildman–Crippen LogP) is 5.04. The first-order valence-corrected chi connectivity index (χ1v) is 14.6. The van der Waals surface area contributed by atoms with Crippen LogP contribution in [0.4, 0.5) is 5.69 Å². The highest BCUT2D eigenvalue weighted by Crippen LogP contribution is 2.25. The molecule has 2 aromatic rings. The average molecular weight is 557 g/mol. The largest absolute Gasteiger partial charge is 0.352 e. The zero-order chi connectivity index (χ0) is 27.0. The molecule has 0 fully saturated rings. The van der Waals surface area contributed by atoms with Gasteiger partial charge in [-0.2, -0.15) is 0 Å². The molecule has 0 aliphatic heterocycles. The molecule has 0 aromatic heterocycles. The van der Waals surface area contributed by atoms with Gasteiger partial charge in [0.05, 0.1) is 22.0 Å². The minimum absolute atomic E-state index is 0.0640. The van der Waals surface area contributed by atoms with Crippen LogP contribution in [0.3, 0.4) is 0 Å². The Morgan fingerprint density at radius 2 is 1.56 bits per heavy atom. The van der Waals surface area contributed by atoms with Gasteiger partial charge < -0.3 is 10.2 Å². The number of hydrogen-bond donors (Lipinski definition) is 1. The number of halogens is 2. The second kappa shape index (κ2) is 13.3. The van der Waals surface area contributed by atoms with E-state index in [1.165, 1.54) is 4.90 Å². The third-order valence-corrected chi connectivity index (χ3v) is 7.92. The third kappa shape index (κ3) is 8.11. The maximum Gasteiger partial charge on any atom is 0.244 e. The Hall–Kier alpha value is -2.29. The van der Waals surface area contributed by atoms with Gasteiger partial charge >= 0.3 is 0 Å². The van der Waals surface area contributed by atoms with Crippen molar-refractivity contribution in [3.63, 3.8) is 0 Å². The van der Waals surface area contributed by atoms with Crippen molar-refractivity contribution in [2.24, 2.45) is 0 Å². The number of rotatable bonds is 12. The maximum atomic E-state index is 13.7. The molecule has 0 bridgehead atoms. The second-order valence-electron chi connectivity index (χ2n) is 8.80. The molecule has 0 heterocycles. The zero-order valence-corrected chi connectivity index (χ0v) is 23.8. The van der Waals surface area contributed by atoms with Crippen molar-refractivity contribution in [1.82, 2.24) is 10.2 Å². The second-order valence-corrected chi connectivity index (χ2v) is 11.5. The van der Waals surface area contributed by atoms with Gasteiger partial charge in [0.15, 0.2) is 0 Å². The Morgan fingerprint density at radius 1 is 0.944 bits per heavy atom. The van der Waals surface area contributed by atoms with E-state index in [0.29, 0.717) is 27.7 Å². The summed E-state index contributed by atoms with van der Waals surface area (Å²) in [7, 11) is -3.78. The number of nitrogens with one attached hydrogen (secondary N) is 1. The Labute approximate surface area is 224 Å². The van der Waals surface area contributed by atoms with Crippen LogP contribution in [0.2, 0.25) is 10.0 Å². The highest BCUT2D eigenvalue weighted by molar-refractivity contribution is 7.92. The molecule has 36 heavy (non-hydrogen) atoms. The fourth-order valence-electron chi connectivity index (χ4n) is 3.71. The summed E-state index contributed by atoms with van der Waals surface area (Å²) in [5.74, 6) is -0.796. The number of benzene rings is 2. The smallest absolute Gasteiger partial charge is 0.244 e. The maximum absolute atomic E-state index is 13.7. The summed E-state index contributed by atoms with van der Waals surface area (Å²) in [5, 5.41) is 3.64. The lowest BCUT2D eigenvalue weighted by molar-refractivity contribution is -0.140. The number of anilines is 1. The van der Waals surface area contributed by atoms with E-state index in [1.54, 1.807) is 30.3 Å². The van der Waals surface area contributed by atoms with Crippen molar-refractivity contribution in [2.75, 3.05) is 17.1 Å². The molecule has 0 aliphatic rings. The van der Waals surface area contributed by atoms with Gasteiger partial charge in [0.2, 0.25) is 21.8 Å². The molecular formula is C26H35Cl2N3O4S. The van der Waals surface area contributed by atoms with E-state index >= 15 is 0 Å². The van der Waals surface area contributed by atoms with E-state index in [4.69, 9.17) is 23.2 Å². The van der Waals surface area contributed by atoms with E-state index < -0.39 is 28.5 Å². The molecule has 0 saturated carbocycles. The summed E-state index contributed by atoms with van der Waals surface area (Å²) in [6.07, 6.45) is 2.95. The Kier molecular flexibility index (Phi) is 11.1. The molecule has 2 aromatic carbocycles. The van der Waals surface area contributed by atoms with Gasteiger partial charge in [-0.1, -0.05) is 62.2 Å². The van der Waals surface area contributed by atoms with Crippen LogP contribution in [-0.2, 0) is 32.6 Å². The zero-order valence-electron chi connectivity index (χ0n) is 21.4. The molecule has 10 heteroatoms. The van der Waals surface area contributed by atoms with Gasteiger partial charge in [-0.25, -0.2) is 8.42 Å². The standard InChI is InChI=1S/C26H35Cl2N3O4S/c1-6-18(4)29-26(33)24(8-3)30(16-20-11-14-22(27)23(28)15-20)25(32)17-31(36(5,34)35)21-12-9-19(7-2)10-13-21/h9-15,18,24H,6-8,16-17H2,1-5H3,(H,29,33)/t18-,24+/m1/s1. The van der Waals surface area contributed by atoms with E-state index in [9.17, 15) is 18.0 Å². The lowest BCUT2D eigenvalue weighted by Crippen LogP contribution is -2.53. The van der Waals surface area contributed by atoms with Gasteiger partial charge in [-0.3, -0.25) is 13.9 Å². The van der Waals surface area contributed by atoms with E-state index in [1.807, 2.05) is 39.8 Å². The van der Waals surface area contributed by atoms with Crippen LogP contribution in [0.15, 0.2) is 42.5 Å². The van der Waals surface area contributed by atoms with Gasteiger partial charge in [0, 0.05) is 12.6 Å². The van der Waals surface area contributed by atoms with Crippen LogP contribution >= 0.6 is 23.2 Å². The fraction of sp³-hybridized carbons (Fsp3) is 0.462. The van der Waals surface area contributed by atoms with E-state index in [2.05, 4.69) is 5.32 Å². The molecule has 2 rings (SSSR count). The lowest BCUT2D eigenvalue weighted by Gasteiger charge is -2.33. The van der Waals surface area contributed by atoms with Crippen LogP contribution in [0.1, 0.15) is 51.7 Å². The lowest BCUT2D eigenvalue weighted by atomic mass is 10.1. The van der Waals surface area contributed by atoms with Crippen LogP contribution in [-0.4, -0.2) is 50.0 Å². The summed E-state index contributed by atoms with van der Waals surface area (Å²) in [6, 6.07) is 11.2. The summed E-state index contributed by atoms with van der Waals surface area (Å²) in [4.78, 5) is 28.2. The monoisotopic (exact) mass is 555 g/mol. The number of carbonyl (C=O) groups excluding carboxylic acids is 2. The molecule has 0 aliphatic carbocycles. The van der Waals surface area contributed by atoms with Crippen molar-refractivity contribution in [3.05, 3.63) is 63.6 Å². The molecule has 198 valence electrons. The molecule has 2 amide bonds. The highest BCUT2D eigenvalue weighted by atomic mass is 35.5. The first-order valence-electron chi connectivity index (χ1n) is 12.0. The van der Waals surface area contributed by atoms with Crippen molar-refractivity contribution in [2.45, 2.75) is 65.6 Å². The Morgan fingerprint density at radius 3 is 2.06 bits per heavy atom. The molecule has 0 radical (unpaired) electrons. The van der Waals surface area contributed by atoms with Gasteiger partial charge in [-0.15, -0.1) is 0 Å². The van der Waals surface area contributed by atoms with E-state index in [0.717, 1.165) is 29.0 Å². The average Bonchev–Trinajstić information content (AvgIpc) is 2.83. The minimum atomic E-state index is -3.78. The van der Waals surface area contributed by atoms with Crippen LogP contribution in [0.5, 0.6) is 0 Å². The molecular weight excluding hydrogens is 521 g/mol. The highest BCUT2D eigenvalue weighted by Gasteiger charge is 2.32. The number of aryl methyl sites for hydroxylation is 1. The summed E-state index contributed by atoms with van der Waals surface area (Å²) < 4.78 is 26.4. The van der Waals surface area contributed by atoms with Gasteiger partial charge in [0.1, 0.15) is 12.6 Å². The van der Waals surface area contributed by atoms with Gasteiger partial charge in [0.25, 0.3) is 0 Å². The fourth-order valence-corrected chi connectivity index (χ4v) is 4.88. The predicted molar refractivity (Wildman–Crippen MR) is 147 cm³/mol. The van der Waals surface area contributed by atoms with E-state index in [-0.39, 0.29) is 18.5 Å². The normalized spacial score (nSPS) is 13.1. The van der Waals surface area contributed by atoms with Crippen molar-refractivity contribution in [3.8, 4) is 0 Å². The van der Waals surface area contributed by atoms with Crippen LogP contribution in [0.25, 0.3) is 0 Å². The number of carbonyl (C=O) groups is 2. The topological polar surface area (TPSA) is 86.8 Å². The summed E-state index contributed by atoms with van der Waals surface area (Å²) >= 11 is 12.2. The molecule has 1 N–H and O–H groups in total. The number of amides is 2. The minimum Gasteiger partial charge on any atom is -0.352 e. The molecule has 0 saturated heterocycles. The Balaban J connectivity index is 2.45. The van der Waals surface area contributed by atoms with Gasteiger partial charge in [-0.05, 0) is 61.6 Å². The molecule has 0 unspecified atom stereocenters.